The quantitative estimate of drug-likeness (QED) is 0.683. The largest absolute Gasteiger partial charge is 2.00 e. The van der Waals surface area contributed by atoms with Crippen LogP contribution in [0.15, 0.2) is 0 Å². The Morgan fingerprint density at radius 1 is 1.29 bits per heavy atom. The van der Waals surface area contributed by atoms with Gasteiger partial charge < -0.3 is 13.8 Å². The monoisotopic (exact) mass is 322 g/mol. The third-order valence-corrected chi connectivity index (χ3v) is 0.986. The molecule has 0 nitrogen and oxygen atoms in total. The van der Waals surface area contributed by atoms with Crippen LogP contribution < -0.4 is 0 Å². The van der Waals surface area contributed by atoms with Crippen LogP contribution in [0.5, 0.6) is 0 Å². The summed E-state index contributed by atoms with van der Waals surface area (Å²) in [4.78, 5) is 0. The van der Waals surface area contributed by atoms with Crippen molar-refractivity contribution >= 4 is 0 Å². The third-order valence-electron chi connectivity index (χ3n) is 0.986. The van der Waals surface area contributed by atoms with Crippen LogP contribution in [-0.2, 0) is 0 Å². The van der Waals surface area contributed by atoms with E-state index in [1.54, 1.807) is 0 Å². The Morgan fingerprint density at radius 2 is 1.57 bits per heavy atom. The fourth-order valence-electron chi connectivity index (χ4n) is 0.144. The molecule has 0 aromatic rings. The topological polar surface area (TPSA) is 0 Å². The van der Waals surface area contributed by atoms with E-state index in [0.29, 0.717) is 5.92 Å². The predicted molar refractivity (Wildman–Crippen MR) is 29.1 cm³/mol. The van der Waals surface area contributed by atoms with Gasteiger partial charge in [-0.2, -0.15) is 12.8 Å². The third kappa shape index (κ3) is 7.05. The maximum absolute atomic E-state index is 3.72. The van der Waals surface area contributed by atoms with Gasteiger partial charge in [0.1, 0.15) is 0 Å². The van der Waals surface area contributed by atoms with Gasteiger partial charge in [-0.15, -0.1) is 0 Å². The van der Waals surface area contributed by atoms with Gasteiger partial charge in [0.15, 0.2) is 0 Å². The number of rotatable bonds is 2. The molecule has 0 rings (SSSR count). The summed E-state index contributed by atoms with van der Waals surface area (Å²) >= 11 is 0. The van der Waals surface area contributed by atoms with Crippen LogP contribution in [0.4, 0.5) is 0 Å². The van der Waals surface area contributed by atoms with Gasteiger partial charge in [-0.05, 0) is 0 Å². The standard InChI is InChI=1S/C6H12.U/c1-4-6(3)5-2;/h6H,1-2,4-5H2,3H3;/q-2;+2. The van der Waals surface area contributed by atoms with Crippen LogP contribution in [0.3, 0.4) is 0 Å². The van der Waals surface area contributed by atoms with E-state index >= 15 is 0 Å². The Balaban J connectivity index is 0. The summed E-state index contributed by atoms with van der Waals surface area (Å²) in [5, 5.41) is 0. The molecule has 0 saturated heterocycles. The first-order chi connectivity index (χ1) is 2.81. The van der Waals surface area contributed by atoms with Crippen molar-refractivity contribution in [3.63, 3.8) is 0 Å². The molecule has 0 aromatic heterocycles. The van der Waals surface area contributed by atoms with Gasteiger partial charge in [0.2, 0.25) is 0 Å². The average Bonchev–Trinajstić information content (AvgIpc) is 1.65. The van der Waals surface area contributed by atoms with E-state index in [1.807, 2.05) is 0 Å². The first-order valence-electron chi connectivity index (χ1n) is 2.39. The van der Waals surface area contributed by atoms with Gasteiger partial charge in [-0.3, -0.25) is 0 Å². The zero-order valence-corrected chi connectivity index (χ0v) is 9.07. The molecule has 0 aliphatic carbocycles. The van der Waals surface area contributed by atoms with Crippen molar-refractivity contribution in [2.24, 2.45) is 5.92 Å². The first kappa shape index (κ1) is 10.9. The zero-order chi connectivity index (χ0) is 4.99. The van der Waals surface area contributed by atoms with E-state index in [4.69, 9.17) is 0 Å². The number of hydrogen-bond donors (Lipinski definition) is 0. The maximum Gasteiger partial charge on any atom is 2.00 e. The molecule has 0 saturated carbocycles. The SMILES string of the molecule is [CH2-]CC(C)C[CH2-].[U+2]. The van der Waals surface area contributed by atoms with Gasteiger partial charge >= 0.3 is 31.1 Å². The Bertz CT molecular complexity index is 23.4. The zero-order valence-electron chi connectivity index (χ0n) is 4.91. The summed E-state index contributed by atoms with van der Waals surface area (Å²) in [6.07, 6.45) is 2.03. The van der Waals surface area contributed by atoms with Crippen molar-refractivity contribution in [1.82, 2.24) is 0 Å². The Labute approximate surface area is 70.4 Å². The molecule has 0 radical (unpaired) electrons. The fraction of sp³-hybridized carbons (Fsp3) is 0.667. The normalized spacial score (nSPS) is 8.57. The van der Waals surface area contributed by atoms with Crippen LogP contribution in [0.1, 0.15) is 19.8 Å². The van der Waals surface area contributed by atoms with Gasteiger partial charge in [0.05, 0.1) is 0 Å². The summed E-state index contributed by atoms with van der Waals surface area (Å²) < 4.78 is 0. The summed E-state index contributed by atoms with van der Waals surface area (Å²) in [6.45, 7) is 9.59. The van der Waals surface area contributed by atoms with E-state index in [1.165, 1.54) is 0 Å². The van der Waals surface area contributed by atoms with E-state index < -0.39 is 0 Å². The second kappa shape index (κ2) is 7.05. The first-order valence-corrected chi connectivity index (χ1v) is 2.39. The molecule has 0 bridgehead atoms. The van der Waals surface area contributed by atoms with Crippen molar-refractivity contribution in [3.05, 3.63) is 13.8 Å². The van der Waals surface area contributed by atoms with Crippen LogP contribution in [0, 0.1) is 50.9 Å². The Hall–Kier alpha value is 1.05. The molecular weight excluding hydrogens is 310 g/mol. The van der Waals surface area contributed by atoms with Crippen molar-refractivity contribution < 1.29 is 31.1 Å². The second-order valence-electron chi connectivity index (χ2n) is 1.68. The van der Waals surface area contributed by atoms with Crippen LogP contribution in [-0.4, -0.2) is 0 Å². The van der Waals surface area contributed by atoms with Crippen molar-refractivity contribution in [2.75, 3.05) is 0 Å². The van der Waals surface area contributed by atoms with Crippen molar-refractivity contribution in [1.29, 1.82) is 0 Å². The molecule has 0 atom stereocenters. The molecule has 0 unspecified atom stereocenters. The van der Waals surface area contributed by atoms with Gasteiger partial charge in [0.25, 0.3) is 0 Å². The summed E-state index contributed by atoms with van der Waals surface area (Å²) in [5.41, 5.74) is 0. The molecule has 1 heteroatoms. The molecule has 7 heavy (non-hydrogen) atoms. The van der Waals surface area contributed by atoms with E-state index in [2.05, 4.69) is 20.8 Å². The van der Waals surface area contributed by atoms with Gasteiger partial charge in [-0.25, -0.2) is 0 Å². The minimum absolute atomic E-state index is 0. The number of hydrogen-bond acceptors (Lipinski definition) is 0. The molecular formula is C6H12U. The van der Waals surface area contributed by atoms with Gasteiger partial charge in [-0.1, -0.05) is 12.8 Å². The molecule has 0 N–H and O–H groups in total. The average molecular weight is 322 g/mol. The summed E-state index contributed by atoms with van der Waals surface area (Å²) in [5.74, 6) is 0.713. The van der Waals surface area contributed by atoms with E-state index in [0.717, 1.165) is 12.8 Å². The molecule has 0 spiro atoms. The van der Waals surface area contributed by atoms with E-state index in [-0.39, 0.29) is 31.1 Å². The molecule has 0 amide bonds. The molecule has 0 aromatic carbocycles. The van der Waals surface area contributed by atoms with Crippen molar-refractivity contribution in [2.45, 2.75) is 19.8 Å². The van der Waals surface area contributed by atoms with Crippen molar-refractivity contribution in [3.8, 4) is 0 Å². The molecule has 40 valence electrons. The van der Waals surface area contributed by atoms with E-state index in [9.17, 15) is 0 Å². The predicted octanol–water partition coefficient (Wildman–Crippen LogP) is 2.07. The maximum atomic E-state index is 3.72. The summed E-state index contributed by atoms with van der Waals surface area (Å²) in [6, 6.07) is 0. The summed E-state index contributed by atoms with van der Waals surface area (Å²) in [7, 11) is 0. The Morgan fingerprint density at radius 3 is 1.57 bits per heavy atom. The smallest absolute Gasteiger partial charge is 0.343 e. The molecule has 0 heterocycles. The minimum atomic E-state index is 0. The fourth-order valence-corrected chi connectivity index (χ4v) is 0.144. The molecule has 0 fully saturated rings. The Kier molecular flexibility index (Phi) is 11.0. The molecule has 0 aliphatic rings. The van der Waals surface area contributed by atoms with Crippen LogP contribution in [0.25, 0.3) is 0 Å². The van der Waals surface area contributed by atoms with Gasteiger partial charge in [0, 0.05) is 0 Å². The van der Waals surface area contributed by atoms with Crippen LogP contribution in [0.2, 0.25) is 0 Å². The molecule has 0 aliphatic heterocycles. The van der Waals surface area contributed by atoms with Crippen LogP contribution >= 0.6 is 0 Å². The minimum Gasteiger partial charge on any atom is -0.343 e. The second-order valence-corrected chi connectivity index (χ2v) is 1.68.